The van der Waals surface area contributed by atoms with E-state index in [0.717, 1.165) is 0 Å². The predicted molar refractivity (Wildman–Crippen MR) is 100 cm³/mol. The van der Waals surface area contributed by atoms with Crippen LogP contribution in [0.5, 0.6) is 0 Å². The Morgan fingerprint density at radius 1 is 1.54 bits per heavy atom. The van der Waals surface area contributed by atoms with E-state index in [1.54, 1.807) is 33.0 Å². The molecule has 0 aromatic carbocycles. The van der Waals surface area contributed by atoms with Crippen LogP contribution in [0, 0.1) is 11.3 Å². The summed E-state index contributed by atoms with van der Waals surface area (Å²) in [5.41, 5.74) is 0.0490. The van der Waals surface area contributed by atoms with E-state index in [1.807, 2.05) is 6.07 Å². The molecule has 140 valence electrons. The van der Waals surface area contributed by atoms with E-state index >= 15 is 0 Å². The summed E-state index contributed by atoms with van der Waals surface area (Å²) in [4.78, 5) is 11.4. The monoisotopic (exact) mass is 398 g/mol. The van der Waals surface area contributed by atoms with Crippen LogP contribution >= 0.6 is 23.2 Å². The lowest BCUT2D eigenvalue weighted by atomic mass is 10.2. The lowest BCUT2D eigenvalue weighted by Crippen LogP contribution is -2.18. The molecule has 0 aliphatic heterocycles. The highest BCUT2D eigenvalue weighted by atomic mass is 35.5. The quantitative estimate of drug-likeness (QED) is 0.298. The molecule has 0 aliphatic rings. The molecule has 1 N–H and O–H groups in total. The first-order valence-corrected chi connectivity index (χ1v) is 8.50. The van der Waals surface area contributed by atoms with E-state index < -0.39 is 6.10 Å². The van der Waals surface area contributed by atoms with Gasteiger partial charge in [-0.2, -0.15) is 10.4 Å². The molecule has 0 saturated carbocycles. The summed E-state index contributed by atoms with van der Waals surface area (Å²) >= 11 is 11.5. The number of rotatable bonds is 9. The fraction of sp³-hybridized carbons (Fsp3) is 0.353. The molecule has 1 aromatic rings. The van der Waals surface area contributed by atoms with Gasteiger partial charge in [0, 0.05) is 18.0 Å². The van der Waals surface area contributed by atoms with Crippen LogP contribution in [0.3, 0.4) is 0 Å². The van der Waals surface area contributed by atoms with Crippen LogP contribution in [0.4, 0.5) is 0 Å². The highest BCUT2D eigenvalue weighted by molar-refractivity contribution is 6.30. The molecule has 0 amide bonds. The van der Waals surface area contributed by atoms with Gasteiger partial charge >= 0.3 is 5.69 Å². The smallest absolute Gasteiger partial charge is 0.343 e. The maximum atomic E-state index is 11.4. The number of nitriles is 1. The summed E-state index contributed by atoms with van der Waals surface area (Å²) in [5, 5.41) is 15.5. The first kappa shape index (κ1) is 21.8. The second-order valence-electron chi connectivity index (χ2n) is 5.23. The van der Waals surface area contributed by atoms with Gasteiger partial charge in [0.25, 0.3) is 0 Å². The number of hydrogen-bond acceptors (Lipinski definition) is 5. The zero-order valence-electron chi connectivity index (χ0n) is 14.8. The third kappa shape index (κ3) is 6.92. The highest BCUT2D eigenvalue weighted by Crippen LogP contribution is 2.18. The molecule has 0 spiro atoms. The second-order valence-corrected chi connectivity index (χ2v) is 6.03. The van der Waals surface area contributed by atoms with Gasteiger partial charge in [-0.05, 0) is 26.0 Å². The number of aromatic amines is 1. The van der Waals surface area contributed by atoms with Crippen molar-refractivity contribution in [2.24, 2.45) is 7.05 Å². The van der Waals surface area contributed by atoms with E-state index in [2.05, 4.69) is 16.8 Å². The number of nitrogens with zero attached hydrogens (tertiary/aromatic N) is 3. The Bertz CT molecular complexity index is 828. The third-order valence-corrected chi connectivity index (χ3v) is 3.46. The van der Waals surface area contributed by atoms with Gasteiger partial charge in [-0.3, -0.25) is 4.57 Å². The lowest BCUT2D eigenvalue weighted by Gasteiger charge is -2.18. The summed E-state index contributed by atoms with van der Waals surface area (Å²) in [6, 6.07) is 2.01. The Morgan fingerprint density at radius 3 is 2.73 bits per heavy atom. The van der Waals surface area contributed by atoms with Crippen molar-refractivity contribution < 1.29 is 9.47 Å². The summed E-state index contributed by atoms with van der Waals surface area (Å²) in [6.45, 7) is 7.15. The van der Waals surface area contributed by atoms with Crippen LogP contribution < -0.4 is 5.69 Å². The summed E-state index contributed by atoms with van der Waals surface area (Å²) in [7, 11) is 1.59. The van der Waals surface area contributed by atoms with Gasteiger partial charge in [-0.1, -0.05) is 24.3 Å². The lowest BCUT2D eigenvalue weighted by molar-refractivity contribution is 0.0377. The molecule has 1 atom stereocenters. The third-order valence-electron chi connectivity index (χ3n) is 3.20. The Hall–Kier alpha value is -2.27. The molecule has 0 saturated heterocycles. The molecular formula is C17H20Cl2N4O3. The van der Waals surface area contributed by atoms with Crippen molar-refractivity contribution in [2.45, 2.75) is 26.6 Å². The SMILES string of the molecule is C=C(Cl)/C=C(/O/C(C)=C/C(C#N)=C\CCl)C(C)OCc1n[nH]c(=O)n1C. The van der Waals surface area contributed by atoms with Crippen molar-refractivity contribution in [2.75, 3.05) is 5.88 Å². The van der Waals surface area contributed by atoms with Gasteiger partial charge in [-0.15, -0.1) is 11.6 Å². The van der Waals surface area contributed by atoms with Crippen LogP contribution in [0.2, 0.25) is 0 Å². The van der Waals surface area contributed by atoms with Crippen molar-refractivity contribution in [1.29, 1.82) is 5.26 Å². The molecule has 1 heterocycles. The molecule has 0 bridgehead atoms. The van der Waals surface area contributed by atoms with Crippen LogP contribution in [0.25, 0.3) is 0 Å². The number of allylic oxidation sites excluding steroid dienone is 6. The predicted octanol–water partition coefficient (Wildman–Crippen LogP) is 3.26. The largest absolute Gasteiger partial charge is 0.464 e. The maximum Gasteiger partial charge on any atom is 0.343 e. The number of hydrogen-bond donors (Lipinski definition) is 1. The van der Waals surface area contributed by atoms with E-state index in [9.17, 15) is 4.79 Å². The molecular weight excluding hydrogens is 379 g/mol. The normalized spacial score (nSPS) is 14.1. The standard InChI is InChI=1S/C17H20Cl2N4O3/c1-11(19)7-15(26-12(2)8-14(9-20)5-6-18)13(3)25-10-16-21-22-17(24)23(16)4/h5,7-8,13H,1,6,10H2,2-4H3,(H,22,24)/b12-8+,14-5+,15-7+. The number of ether oxygens (including phenoxy) is 2. The summed E-state index contributed by atoms with van der Waals surface area (Å²) < 4.78 is 12.8. The fourth-order valence-corrected chi connectivity index (χ4v) is 2.10. The highest BCUT2D eigenvalue weighted by Gasteiger charge is 2.15. The molecule has 0 radical (unpaired) electrons. The van der Waals surface area contributed by atoms with Crippen LogP contribution in [-0.2, 0) is 23.1 Å². The Labute approximate surface area is 161 Å². The Kier molecular flexibility index (Phi) is 8.93. The van der Waals surface area contributed by atoms with Crippen molar-refractivity contribution >= 4 is 23.2 Å². The van der Waals surface area contributed by atoms with Gasteiger partial charge in [0.1, 0.15) is 24.2 Å². The molecule has 7 nitrogen and oxygen atoms in total. The Morgan fingerprint density at radius 2 is 2.23 bits per heavy atom. The molecule has 1 aromatic heterocycles. The van der Waals surface area contributed by atoms with Crippen molar-refractivity contribution in [3.05, 3.63) is 63.2 Å². The topological polar surface area (TPSA) is 92.9 Å². The first-order valence-electron chi connectivity index (χ1n) is 7.58. The minimum absolute atomic E-state index is 0.0875. The average Bonchev–Trinajstić information content (AvgIpc) is 2.90. The van der Waals surface area contributed by atoms with Crippen molar-refractivity contribution in [3.8, 4) is 6.07 Å². The minimum atomic E-state index is -0.511. The van der Waals surface area contributed by atoms with Gasteiger partial charge < -0.3 is 9.47 Å². The average molecular weight is 399 g/mol. The van der Waals surface area contributed by atoms with Crippen LogP contribution in [0.15, 0.2) is 51.7 Å². The van der Waals surface area contributed by atoms with Crippen molar-refractivity contribution in [1.82, 2.24) is 14.8 Å². The zero-order valence-corrected chi connectivity index (χ0v) is 16.3. The maximum absolute atomic E-state index is 11.4. The second kappa shape index (κ2) is 10.7. The first-order chi connectivity index (χ1) is 12.3. The van der Waals surface area contributed by atoms with E-state index in [4.69, 9.17) is 37.9 Å². The number of H-pyrrole nitrogens is 1. The van der Waals surface area contributed by atoms with Crippen LogP contribution in [-0.4, -0.2) is 26.7 Å². The molecule has 26 heavy (non-hydrogen) atoms. The number of aromatic nitrogens is 3. The van der Waals surface area contributed by atoms with Gasteiger partial charge in [-0.25, -0.2) is 9.89 Å². The Balaban J connectivity index is 2.89. The van der Waals surface area contributed by atoms with E-state index in [-0.39, 0.29) is 23.2 Å². The molecule has 0 aliphatic carbocycles. The van der Waals surface area contributed by atoms with E-state index in [1.165, 1.54) is 10.6 Å². The number of halogens is 2. The molecule has 1 unspecified atom stereocenters. The number of alkyl halides is 1. The van der Waals surface area contributed by atoms with Gasteiger partial charge in [0.05, 0.1) is 11.6 Å². The van der Waals surface area contributed by atoms with Crippen molar-refractivity contribution in [3.63, 3.8) is 0 Å². The zero-order chi connectivity index (χ0) is 19.7. The van der Waals surface area contributed by atoms with Gasteiger partial charge in [0.15, 0.2) is 5.82 Å². The van der Waals surface area contributed by atoms with Gasteiger partial charge in [0.2, 0.25) is 0 Å². The molecule has 0 fully saturated rings. The fourth-order valence-electron chi connectivity index (χ4n) is 1.83. The van der Waals surface area contributed by atoms with E-state index in [0.29, 0.717) is 22.9 Å². The summed E-state index contributed by atoms with van der Waals surface area (Å²) in [5.74, 6) is 1.50. The molecule has 1 rings (SSSR count). The van der Waals surface area contributed by atoms with Crippen LogP contribution in [0.1, 0.15) is 19.7 Å². The summed E-state index contributed by atoms with van der Waals surface area (Å²) in [6.07, 6.45) is 4.13. The minimum Gasteiger partial charge on any atom is -0.464 e. The molecule has 9 heteroatoms. The number of nitrogens with one attached hydrogen (secondary N) is 1.